The Morgan fingerprint density at radius 2 is 2.07 bits per heavy atom. The number of nitrogens with zero attached hydrogens (tertiary/aromatic N) is 5. The smallest absolute Gasteiger partial charge is 0.388 e. The summed E-state index contributed by atoms with van der Waals surface area (Å²) in [5, 5.41) is 7.97. The van der Waals surface area contributed by atoms with Gasteiger partial charge < -0.3 is 14.5 Å². The minimum atomic E-state index is -3.10. The molecule has 158 valence electrons. The first-order valence-electron chi connectivity index (χ1n) is 8.90. The number of fused-ring (bicyclic) bond motifs is 2. The monoisotopic (exact) mass is 442 g/mol. The van der Waals surface area contributed by atoms with Crippen LogP contribution in [-0.2, 0) is 13.6 Å². The Balaban J connectivity index is 1.80. The van der Waals surface area contributed by atoms with E-state index in [1.807, 2.05) is 0 Å². The molecule has 8 nitrogen and oxygen atoms in total. The number of H-pyrrole nitrogens is 1. The molecule has 0 atom stereocenters. The van der Waals surface area contributed by atoms with Gasteiger partial charge in [-0.15, -0.1) is 16.4 Å². The summed E-state index contributed by atoms with van der Waals surface area (Å²) in [6.07, 6.45) is -0.739. The van der Waals surface area contributed by atoms with Crippen LogP contribution in [0, 0.1) is 0 Å². The molecule has 0 spiro atoms. The number of nitrogens with one attached hydrogen (secondary N) is 1. The number of thiazole rings is 1. The lowest BCUT2D eigenvalue weighted by Gasteiger charge is -2.16. The van der Waals surface area contributed by atoms with Crippen LogP contribution in [-0.4, -0.2) is 42.7 Å². The topological polar surface area (TPSA) is 82.8 Å². The molecule has 0 bridgehead atoms. The fraction of sp³-hybridized carbons (Fsp3) is 0.353. The average molecular weight is 442 g/mol. The van der Waals surface area contributed by atoms with Crippen LogP contribution in [0.4, 0.5) is 17.6 Å². The van der Waals surface area contributed by atoms with Crippen molar-refractivity contribution in [2.45, 2.75) is 26.0 Å². The zero-order valence-electron chi connectivity index (χ0n) is 15.4. The number of aromatic nitrogens is 6. The van der Waals surface area contributed by atoms with E-state index in [0.29, 0.717) is 35.5 Å². The van der Waals surface area contributed by atoms with E-state index in [0.717, 1.165) is 0 Å². The van der Waals surface area contributed by atoms with Gasteiger partial charge in [0.2, 0.25) is 11.8 Å². The van der Waals surface area contributed by atoms with Crippen molar-refractivity contribution in [3.8, 4) is 34.1 Å². The largest absolute Gasteiger partial charge is 0.477 e. The van der Waals surface area contributed by atoms with Crippen LogP contribution in [0.5, 0.6) is 11.8 Å². The van der Waals surface area contributed by atoms with Gasteiger partial charge in [0.15, 0.2) is 0 Å². The zero-order chi connectivity index (χ0) is 21.0. The summed E-state index contributed by atoms with van der Waals surface area (Å²) in [6, 6.07) is 0. The lowest BCUT2D eigenvalue weighted by Crippen LogP contribution is -2.15. The van der Waals surface area contributed by atoms with Crippen LogP contribution in [0.15, 0.2) is 11.7 Å². The predicted molar refractivity (Wildman–Crippen MR) is 99.1 cm³/mol. The maximum Gasteiger partial charge on any atom is 0.388 e. The quantitative estimate of drug-likeness (QED) is 0.468. The fourth-order valence-corrected chi connectivity index (χ4v) is 4.40. The number of aryl methyl sites for hydroxylation is 2. The number of rotatable bonds is 5. The van der Waals surface area contributed by atoms with E-state index in [2.05, 4.69) is 24.9 Å². The maximum atomic E-state index is 13.9. The molecular weight excluding hydrogens is 428 g/mol. The highest BCUT2D eigenvalue weighted by Gasteiger charge is 2.33. The molecule has 1 aliphatic rings. The summed E-state index contributed by atoms with van der Waals surface area (Å²) in [4.78, 5) is 7.24. The van der Waals surface area contributed by atoms with Gasteiger partial charge in [-0.1, -0.05) is 0 Å². The van der Waals surface area contributed by atoms with E-state index in [-0.39, 0.29) is 28.6 Å². The molecule has 0 aromatic carbocycles. The van der Waals surface area contributed by atoms with Gasteiger partial charge in [0.25, 0.3) is 6.43 Å². The number of halogens is 4. The molecular formula is C17H14F4N6O2S. The molecule has 1 aliphatic heterocycles. The molecule has 5 heterocycles. The van der Waals surface area contributed by atoms with Crippen molar-refractivity contribution in [3.05, 3.63) is 17.4 Å². The third kappa shape index (κ3) is 2.91. The van der Waals surface area contributed by atoms with Gasteiger partial charge in [0, 0.05) is 31.8 Å². The standard InChI is InChI=1S/C17H14F4N6O2S/c1-26-5-7(15(25-26)29-17(20)21)8-10(23-14-12(8)30-6-22-14)9-11(13(18)19)24-27-3-2-4-28-16(9)27/h5-6,13,17,23H,2-4H2,1H3. The Kier molecular flexibility index (Phi) is 4.41. The van der Waals surface area contributed by atoms with Crippen LogP contribution in [0.2, 0.25) is 0 Å². The van der Waals surface area contributed by atoms with E-state index >= 15 is 0 Å². The lowest BCUT2D eigenvalue weighted by atomic mass is 10.0. The third-order valence-corrected chi connectivity index (χ3v) is 5.54. The van der Waals surface area contributed by atoms with Crippen molar-refractivity contribution in [2.24, 2.45) is 7.05 Å². The SMILES string of the molecule is Cn1cc(-c2c(-c3c(C(F)F)nn4c3OCCC4)[nH]c3ncsc23)c(OC(F)F)n1. The van der Waals surface area contributed by atoms with E-state index in [4.69, 9.17) is 4.74 Å². The average Bonchev–Trinajstić information content (AvgIpc) is 3.42. The van der Waals surface area contributed by atoms with Gasteiger partial charge in [0.05, 0.1) is 33.6 Å². The molecule has 0 aliphatic carbocycles. The van der Waals surface area contributed by atoms with Gasteiger partial charge in [0.1, 0.15) is 11.3 Å². The molecule has 0 radical (unpaired) electrons. The second-order valence-electron chi connectivity index (χ2n) is 6.60. The molecule has 0 saturated carbocycles. The molecule has 4 aromatic heterocycles. The predicted octanol–water partition coefficient (Wildman–Crippen LogP) is 4.21. The molecule has 4 aromatic rings. The molecule has 0 saturated heterocycles. The third-order valence-electron chi connectivity index (χ3n) is 4.70. The number of hydrogen-bond acceptors (Lipinski definition) is 6. The highest BCUT2D eigenvalue weighted by Crippen LogP contribution is 2.48. The summed E-state index contributed by atoms with van der Waals surface area (Å²) in [5.74, 6) is -0.115. The Morgan fingerprint density at radius 1 is 1.23 bits per heavy atom. The Bertz CT molecular complexity index is 1230. The first kappa shape index (κ1) is 18.9. The Morgan fingerprint density at radius 3 is 2.83 bits per heavy atom. The second kappa shape index (κ2) is 7.00. The van der Waals surface area contributed by atoms with E-state index in [9.17, 15) is 17.6 Å². The zero-order valence-corrected chi connectivity index (χ0v) is 16.2. The first-order chi connectivity index (χ1) is 14.4. The van der Waals surface area contributed by atoms with Crippen molar-refractivity contribution < 1.29 is 27.0 Å². The lowest BCUT2D eigenvalue weighted by molar-refractivity contribution is -0.0527. The maximum absolute atomic E-state index is 13.9. The molecule has 0 unspecified atom stereocenters. The van der Waals surface area contributed by atoms with Crippen LogP contribution in [0.3, 0.4) is 0 Å². The number of aromatic amines is 1. The first-order valence-corrected chi connectivity index (χ1v) is 9.78. The minimum Gasteiger partial charge on any atom is -0.477 e. The van der Waals surface area contributed by atoms with Gasteiger partial charge in [-0.25, -0.2) is 18.4 Å². The molecule has 1 N–H and O–H groups in total. The summed E-state index contributed by atoms with van der Waals surface area (Å²) in [5.41, 5.74) is 2.46. The minimum absolute atomic E-state index is 0.0803. The van der Waals surface area contributed by atoms with Crippen molar-refractivity contribution in [1.82, 2.24) is 29.5 Å². The molecule has 5 rings (SSSR count). The second-order valence-corrected chi connectivity index (χ2v) is 7.45. The fourth-order valence-electron chi connectivity index (χ4n) is 3.60. The van der Waals surface area contributed by atoms with Gasteiger partial charge in [-0.05, 0) is 0 Å². The van der Waals surface area contributed by atoms with Crippen molar-refractivity contribution in [2.75, 3.05) is 6.61 Å². The molecule has 0 amide bonds. The summed E-state index contributed by atoms with van der Waals surface area (Å²) in [7, 11) is 1.55. The summed E-state index contributed by atoms with van der Waals surface area (Å²) >= 11 is 1.24. The highest BCUT2D eigenvalue weighted by molar-refractivity contribution is 7.17. The number of ether oxygens (including phenoxy) is 2. The summed E-state index contributed by atoms with van der Waals surface area (Å²) in [6.45, 7) is -2.30. The molecule has 13 heteroatoms. The number of hydrogen-bond donors (Lipinski definition) is 1. The van der Waals surface area contributed by atoms with Gasteiger partial charge in [-0.2, -0.15) is 13.9 Å². The normalized spacial score (nSPS) is 14.0. The van der Waals surface area contributed by atoms with E-state index in [1.165, 1.54) is 26.9 Å². The highest BCUT2D eigenvalue weighted by atomic mass is 32.1. The Labute approximate surface area is 170 Å². The van der Waals surface area contributed by atoms with Crippen molar-refractivity contribution >= 4 is 21.7 Å². The van der Waals surface area contributed by atoms with E-state index < -0.39 is 18.7 Å². The van der Waals surface area contributed by atoms with Crippen LogP contribution in [0.25, 0.3) is 32.7 Å². The van der Waals surface area contributed by atoms with Crippen LogP contribution in [0.1, 0.15) is 18.5 Å². The van der Waals surface area contributed by atoms with Gasteiger partial charge in [-0.3, -0.25) is 4.68 Å². The Hall–Kier alpha value is -3.09. The van der Waals surface area contributed by atoms with Crippen molar-refractivity contribution in [1.29, 1.82) is 0 Å². The summed E-state index contributed by atoms with van der Waals surface area (Å²) < 4.78 is 67.2. The van der Waals surface area contributed by atoms with Crippen molar-refractivity contribution in [3.63, 3.8) is 0 Å². The van der Waals surface area contributed by atoms with E-state index in [1.54, 1.807) is 12.6 Å². The van der Waals surface area contributed by atoms with Gasteiger partial charge >= 0.3 is 6.61 Å². The molecule has 0 fully saturated rings. The van der Waals surface area contributed by atoms with Crippen LogP contribution < -0.4 is 9.47 Å². The number of alkyl halides is 4. The van der Waals surface area contributed by atoms with Crippen LogP contribution >= 0.6 is 11.3 Å². The molecule has 30 heavy (non-hydrogen) atoms.